The van der Waals surface area contributed by atoms with Crippen molar-refractivity contribution >= 4 is 38.4 Å². The van der Waals surface area contributed by atoms with Crippen LogP contribution in [0.5, 0.6) is 0 Å². The Balaban J connectivity index is 2.14. The van der Waals surface area contributed by atoms with E-state index in [-0.39, 0.29) is 0 Å². The average molecular weight is 362 g/mol. The Morgan fingerprint density at radius 3 is 2.71 bits per heavy atom. The summed E-state index contributed by atoms with van der Waals surface area (Å²) in [6, 6.07) is 15.8. The third-order valence-electron chi connectivity index (χ3n) is 3.69. The molecule has 0 saturated heterocycles. The van der Waals surface area contributed by atoms with Crippen molar-refractivity contribution in [2.24, 2.45) is 5.73 Å². The van der Waals surface area contributed by atoms with Crippen molar-refractivity contribution in [1.82, 2.24) is 4.98 Å². The first-order valence-electron chi connectivity index (χ1n) is 6.58. The molecule has 2 N–H and O–H groups in total. The van der Waals surface area contributed by atoms with Gasteiger partial charge >= 0.3 is 0 Å². The maximum atomic E-state index is 6.58. The lowest BCUT2D eigenvalue weighted by atomic mass is 9.85. The van der Waals surface area contributed by atoms with Crippen LogP contribution in [0.2, 0.25) is 5.02 Å². The van der Waals surface area contributed by atoms with Gasteiger partial charge in [-0.25, -0.2) is 0 Å². The first-order chi connectivity index (χ1) is 9.98. The quantitative estimate of drug-likeness (QED) is 0.707. The topological polar surface area (TPSA) is 38.9 Å². The summed E-state index contributed by atoms with van der Waals surface area (Å²) < 4.78 is 0.940. The van der Waals surface area contributed by atoms with E-state index in [1.807, 2.05) is 49.4 Å². The van der Waals surface area contributed by atoms with E-state index in [0.717, 1.165) is 26.5 Å². The van der Waals surface area contributed by atoms with Crippen molar-refractivity contribution in [1.29, 1.82) is 0 Å². The third-order valence-corrected chi connectivity index (χ3v) is 4.50. The molecule has 0 fully saturated rings. The number of rotatable bonds is 2. The van der Waals surface area contributed by atoms with Gasteiger partial charge in [0.1, 0.15) is 0 Å². The van der Waals surface area contributed by atoms with Gasteiger partial charge in [0.05, 0.1) is 11.1 Å². The summed E-state index contributed by atoms with van der Waals surface area (Å²) in [7, 11) is 0. The van der Waals surface area contributed by atoms with Crippen LogP contribution in [0.4, 0.5) is 0 Å². The number of hydrogen-bond acceptors (Lipinski definition) is 2. The van der Waals surface area contributed by atoms with Crippen LogP contribution in [0.15, 0.2) is 59.2 Å². The Hall–Kier alpha value is -1.42. The molecule has 2 aromatic carbocycles. The largest absolute Gasteiger partial charge is 0.318 e. The standard InChI is InChI=1S/C17H14BrClN2/c1-17(20,14-6-5-13(18)10-15(14)19)12-4-7-16-11(9-12)3-2-8-21-16/h2-10H,20H2,1H3. The Bertz CT molecular complexity index is 815. The molecule has 1 heterocycles. The van der Waals surface area contributed by atoms with Crippen molar-refractivity contribution in [2.75, 3.05) is 0 Å². The van der Waals surface area contributed by atoms with Gasteiger partial charge in [-0.3, -0.25) is 4.98 Å². The Morgan fingerprint density at radius 2 is 1.95 bits per heavy atom. The second kappa shape index (κ2) is 5.41. The van der Waals surface area contributed by atoms with E-state index < -0.39 is 5.54 Å². The highest BCUT2D eigenvalue weighted by molar-refractivity contribution is 9.10. The van der Waals surface area contributed by atoms with Gasteiger partial charge in [0.2, 0.25) is 0 Å². The van der Waals surface area contributed by atoms with E-state index in [2.05, 4.69) is 27.0 Å². The summed E-state index contributed by atoms with van der Waals surface area (Å²) >= 11 is 9.78. The van der Waals surface area contributed by atoms with Gasteiger partial charge in [-0.2, -0.15) is 0 Å². The van der Waals surface area contributed by atoms with Crippen LogP contribution in [0.1, 0.15) is 18.1 Å². The lowest BCUT2D eigenvalue weighted by Crippen LogP contribution is -2.34. The number of pyridine rings is 1. The normalized spacial score (nSPS) is 14.1. The number of nitrogens with zero attached hydrogens (tertiary/aromatic N) is 1. The molecule has 2 nitrogen and oxygen atoms in total. The molecular weight excluding hydrogens is 348 g/mol. The molecule has 0 aliphatic carbocycles. The van der Waals surface area contributed by atoms with E-state index in [1.165, 1.54) is 0 Å². The number of fused-ring (bicyclic) bond motifs is 1. The van der Waals surface area contributed by atoms with Gasteiger partial charge in [0, 0.05) is 21.1 Å². The minimum absolute atomic E-state index is 0.653. The fourth-order valence-corrected chi connectivity index (χ4v) is 3.33. The van der Waals surface area contributed by atoms with Crippen LogP contribution in [0, 0.1) is 0 Å². The minimum Gasteiger partial charge on any atom is -0.318 e. The molecule has 106 valence electrons. The summed E-state index contributed by atoms with van der Waals surface area (Å²) in [6.07, 6.45) is 1.79. The summed E-state index contributed by atoms with van der Waals surface area (Å²) in [5.74, 6) is 0. The smallest absolute Gasteiger partial charge is 0.0702 e. The Labute approximate surface area is 137 Å². The molecule has 4 heteroatoms. The van der Waals surface area contributed by atoms with Crippen LogP contribution in [-0.4, -0.2) is 4.98 Å². The lowest BCUT2D eigenvalue weighted by molar-refractivity contribution is 0.604. The van der Waals surface area contributed by atoms with Gasteiger partial charge < -0.3 is 5.73 Å². The van der Waals surface area contributed by atoms with Crippen LogP contribution in [0.25, 0.3) is 10.9 Å². The monoisotopic (exact) mass is 360 g/mol. The van der Waals surface area contributed by atoms with E-state index >= 15 is 0 Å². The molecule has 1 aromatic heterocycles. The lowest BCUT2D eigenvalue weighted by Gasteiger charge is -2.27. The number of benzene rings is 2. The third kappa shape index (κ3) is 2.69. The zero-order chi connectivity index (χ0) is 15.0. The number of aromatic nitrogens is 1. The zero-order valence-corrected chi connectivity index (χ0v) is 13.8. The summed E-state index contributed by atoms with van der Waals surface area (Å²) in [5.41, 5.74) is 8.78. The molecule has 0 spiro atoms. The highest BCUT2D eigenvalue weighted by Gasteiger charge is 2.26. The van der Waals surface area contributed by atoms with Gasteiger partial charge in [-0.1, -0.05) is 45.7 Å². The van der Waals surface area contributed by atoms with Crippen molar-refractivity contribution in [3.63, 3.8) is 0 Å². The van der Waals surface area contributed by atoms with E-state index in [1.54, 1.807) is 6.20 Å². The van der Waals surface area contributed by atoms with Crippen molar-refractivity contribution in [3.05, 3.63) is 75.4 Å². The van der Waals surface area contributed by atoms with E-state index in [0.29, 0.717) is 5.02 Å². The van der Waals surface area contributed by atoms with Crippen molar-refractivity contribution in [3.8, 4) is 0 Å². The number of hydrogen-bond donors (Lipinski definition) is 1. The molecule has 21 heavy (non-hydrogen) atoms. The fraction of sp³-hybridized carbons (Fsp3) is 0.118. The molecule has 1 atom stereocenters. The second-order valence-corrected chi connectivity index (χ2v) is 6.56. The Kier molecular flexibility index (Phi) is 3.74. The van der Waals surface area contributed by atoms with Crippen molar-refractivity contribution < 1.29 is 0 Å². The van der Waals surface area contributed by atoms with E-state index in [4.69, 9.17) is 17.3 Å². The highest BCUT2D eigenvalue weighted by atomic mass is 79.9. The molecule has 3 aromatic rings. The zero-order valence-electron chi connectivity index (χ0n) is 11.5. The number of halogens is 2. The summed E-state index contributed by atoms with van der Waals surface area (Å²) in [6.45, 7) is 1.97. The highest BCUT2D eigenvalue weighted by Crippen LogP contribution is 2.34. The number of nitrogens with two attached hydrogens (primary N) is 1. The van der Waals surface area contributed by atoms with Gasteiger partial charge in [0.15, 0.2) is 0 Å². The van der Waals surface area contributed by atoms with Crippen LogP contribution >= 0.6 is 27.5 Å². The van der Waals surface area contributed by atoms with Crippen LogP contribution in [-0.2, 0) is 5.54 Å². The summed E-state index contributed by atoms with van der Waals surface area (Å²) in [4.78, 5) is 4.33. The van der Waals surface area contributed by atoms with Gasteiger partial charge in [-0.15, -0.1) is 0 Å². The Morgan fingerprint density at radius 1 is 1.14 bits per heavy atom. The molecule has 0 radical (unpaired) electrons. The molecule has 0 bridgehead atoms. The predicted octanol–water partition coefficient (Wildman–Crippen LogP) is 4.87. The van der Waals surface area contributed by atoms with Crippen LogP contribution in [0.3, 0.4) is 0 Å². The average Bonchev–Trinajstić information content (AvgIpc) is 2.46. The molecule has 0 aliphatic heterocycles. The fourth-order valence-electron chi connectivity index (χ4n) is 2.46. The molecule has 0 aliphatic rings. The minimum atomic E-state index is -0.665. The first-order valence-corrected chi connectivity index (χ1v) is 7.75. The molecule has 0 saturated carbocycles. The molecule has 1 unspecified atom stereocenters. The maximum absolute atomic E-state index is 6.58. The molecule has 3 rings (SSSR count). The first kappa shape index (κ1) is 14.5. The molecule has 0 amide bonds. The van der Waals surface area contributed by atoms with Crippen LogP contribution < -0.4 is 5.73 Å². The predicted molar refractivity (Wildman–Crippen MR) is 91.5 cm³/mol. The van der Waals surface area contributed by atoms with Crippen molar-refractivity contribution in [2.45, 2.75) is 12.5 Å². The maximum Gasteiger partial charge on any atom is 0.0702 e. The van der Waals surface area contributed by atoms with Gasteiger partial charge in [-0.05, 0) is 48.4 Å². The SMILES string of the molecule is CC(N)(c1ccc2ncccc2c1)c1ccc(Br)cc1Cl. The summed E-state index contributed by atoms with van der Waals surface area (Å²) in [5, 5.41) is 1.72. The molecular formula is C17H14BrClN2. The van der Waals surface area contributed by atoms with E-state index in [9.17, 15) is 0 Å². The second-order valence-electron chi connectivity index (χ2n) is 5.24. The van der Waals surface area contributed by atoms with Gasteiger partial charge in [0.25, 0.3) is 0 Å².